The van der Waals surface area contributed by atoms with E-state index in [4.69, 9.17) is 69.7 Å². The summed E-state index contributed by atoms with van der Waals surface area (Å²) in [5, 5.41) is 48.9. The molecule has 12 aromatic rings. The van der Waals surface area contributed by atoms with Crippen molar-refractivity contribution in [3.05, 3.63) is 284 Å². The van der Waals surface area contributed by atoms with Gasteiger partial charge >= 0.3 is 0 Å². The van der Waals surface area contributed by atoms with Crippen molar-refractivity contribution in [3.8, 4) is 47.3 Å². The van der Waals surface area contributed by atoms with Gasteiger partial charge < -0.3 is 59.8 Å². The first-order valence-corrected chi connectivity index (χ1v) is 39.3. The fourth-order valence-electron chi connectivity index (χ4n) is 11.4. The van der Waals surface area contributed by atoms with Crippen LogP contribution in [0.5, 0.6) is 23.0 Å². The normalized spacial score (nSPS) is 15.8. The number of aromatic nitrogens is 4. The lowest BCUT2D eigenvalue weighted by Crippen LogP contribution is -2.11. The number of benzene rings is 8. The van der Waals surface area contributed by atoms with Gasteiger partial charge in [-0.3, -0.25) is 39.1 Å². The summed E-state index contributed by atoms with van der Waals surface area (Å²) in [6, 6.07) is -5.78. The van der Waals surface area contributed by atoms with E-state index in [1.165, 1.54) is 83.9 Å². The van der Waals surface area contributed by atoms with Crippen LogP contribution in [0.3, 0.4) is 0 Å². The molecule has 0 unspecified atom stereocenters. The SMILES string of the molecule is [2H]c1nc2c([2H])c(OC([2H])([2H])C([2H])([2H])[2H])c(CC(=O)/C=C/CN(C)C)c([2H])c2c(Nc2c([2H])c([2H])c(F)c(C)c2[2H])c1C#N.[2H]c1nc2c([2H])c(OC([2H])([2H])C)c(CC(=O)/C=C/C([2H])([2H])N(C)C)c([2H])c2c(Nc2c([2H])c([2H])c(F)c(C)c2[2H])c1C#N.[2H]c1nc2c([2H])c(OC([2H])([2H])C)c(CC(=O)/C=C/CN(C)C)c([2H])c2c(Nc2c([2H])c([2H])c(F)c(C)c2[2H])c1C#N.[2H]c1nc2c([2H])c(OCC)c(CC(=O)/C=C/C([2H])([2H])N(C)C)c([2H])c2c(Nc2c([2H])c([2H])c(F)c(C)c2[2H])c1C#N. The molecule has 28 heteroatoms. The highest BCUT2D eigenvalue weighted by Crippen LogP contribution is 2.40. The Balaban J connectivity index is 0.000000247. The number of nitriles is 4. The number of nitrogens with one attached hydrogen (secondary N) is 4. The molecule has 0 spiro atoms. The van der Waals surface area contributed by atoms with Gasteiger partial charge in [0.1, 0.15) is 70.5 Å². The molecule has 4 N–H and O–H groups in total. The Hall–Kier alpha value is -15.0. The van der Waals surface area contributed by atoms with Gasteiger partial charge in [-0.05, 0) is 255 Å². The summed E-state index contributed by atoms with van der Waals surface area (Å²) in [4.78, 5) is 73.5. The number of likely N-dealkylation sites (N-methyl/N-ethyl adjacent to an activating group) is 4. The summed E-state index contributed by atoms with van der Waals surface area (Å²) in [6.07, 6.45) is 4.55. The lowest BCUT2D eigenvalue weighted by molar-refractivity contribution is -0.114. The van der Waals surface area contributed by atoms with Crippen molar-refractivity contribution >= 4 is 112 Å². The van der Waals surface area contributed by atoms with E-state index in [0.717, 1.165) is 38.2 Å². The quantitative estimate of drug-likeness (QED) is 0.0209. The molecule has 0 saturated carbocycles. The summed E-state index contributed by atoms with van der Waals surface area (Å²) in [5.41, 5.74) is -8.41. The molecule has 4 heterocycles. The maximum absolute atomic E-state index is 14.4. The minimum Gasteiger partial charge on any atom is -0.494 e. The van der Waals surface area contributed by atoms with Gasteiger partial charge in [0, 0.05) is 177 Å². The van der Waals surface area contributed by atoms with E-state index in [9.17, 15) is 57.8 Å². The summed E-state index contributed by atoms with van der Waals surface area (Å²) >= 11 is 0. The predicted molar refractivity (Wildman–Crippen MR) is 514 cm³/mol. The topological polar surface area (TPSA) is 313 Å². The number of allylic oxidation sites excluding steroid dienone is 4. The van der Waals surface area contributed by atoms with Gasteiger partial charge in [0.25, 0.3) is 0 Å². The molecule has 0 aliphatic heterocycles. The van der Waals surface area contributed by atoms with Crippen LogP contribution in [0.15, 0.2) is 194 Å². The van der Waals surface area contributed by atoms with Crippen molar-refractivity contribution in [2.24, 2.45) is 0 Å². The number of anilines is 8. The van der Waals surface area contributed by atoms with E-state index in [1.807, 2.05) is 4.90 Å². The average Bonchev–Trinajstić information content (AvgIpc) is 0.719. The first-order valence-electron chi connectivity index (χ1n) is 57.8. The molecule has 12 rings (SSSR count). The van der Waals surface area contributed by atoms with Crippen LogP contribution in [-0.2, 0) is 44.9 Å². The van der Waals surface area contributed by atoms with Crippen LogP contribution in [0, 0.1) is 96.3 Å². The molecular weight excluding hydrogens is 1680 g/mol. The van der Waals surface area contributed by atoms with Gasteiger partial charge in [0.15, 0.2) is 23.1 Å². The second kappa shape index (κ2) is 48.9. The zero-order valence-corrected chi connectivity index (χ0v) is 73.7. The molecule has 24 nitrogen and oxygen atoms in total. The second-order valence-corrected chi connectivity index (χ2v) is 28.6. The lowest BCUT2D eigenvalue weighted by Gasteiger charge is -2.15. The molecule has 680 valence electrons. The van der Waals surface area contributed by atoms with E-state index in [2.05, 4.69) is 41.2 Å². The van der Waals surface area contributed by atoms with Gasteiger partial charge in [0.05, 0.1) is 134 Å². The van der Waals surface area contributed by atoms with Crippen LogP contribution in [-0.4, -0.2) is 171 Å². The number of fused-ring (bicyclic) bond motifs is 4. The summed E-state index contributed by atoms with van der Waals surface area (Å²) in [6.45, 7) is -5.98. The van der Waals surface area contributed by atoms with E-state index >= 15 is 0 Å². The van der Waals surface area contributed by atoms with Crippen LogP contribution in [0.25, 0.3) is 43.6 Å². The van der Waals surface area contributed by atoms with Crippen LogP contribution in [0.4, 0.5) is 63.1 Å². The van der Waals surface area contributed by atoms with Gasteiger partial charge in [-0.15, -0.1) is 0 Å². The molecule has 0 aliphatic carbocycles. The minimum absolute atomic E-state index is 0.0533. The average molecular weight is 1820 g/mol. The Labute approximate surface area is 819 Å². The maximum atomic E-state index is 14.4. The lowest BCUT2D eigenvalue weighted by atomic mass is 10.0. The molecule has 4 aromatic heterocycles. The third-order valence-corrected chi connectivity index (χ3v) is 17.4. The third kappa shape index (κ3) is 28.5. The number of pyridine rings is 4. The predicted octanol–water partition coefficient (Wildman–Crippen LogP) is 19.7. The van der Waals surface area contributed by atoms with Crippen LogP contribution >= 0.6 is 0 Å². The number of ketones is 4. The fourth-order valence-corrected chi connectivity index (χ4v) is 11.4. The number of rotatable bonds is 36. The summed E-state index contributed by atoms with van der Waals surface area (Å²) in [7, 11) is 13.0. The number of carbonyl (C=O) groups is 4. The van der Waals surface area contributed by atoms with Gasteiger partial charge in [-0.2, -0.15) is 21.0 Å². The highest BCUT2D eigenvalue weighted by atomic mass is 19.1. The Morgan fingerprint density at radius 1 is 0.379 bits per heavy atom. The Morgan fingerprint density at radius 3 is 0.856 bits per heavy atom. The molecule has 0 atom stereocenters. The molecule has 8 aromatic carbocycles. The van der Waals surface area contributed by atoms with Gasteiger partial charge in [-0.1, -0.05) is 24.3 Å². The Bertz CT molecular complexity index is 8570. The number of ether oxygens (including phenoxy) is 4. The first-order chi connectivity index (χ1) is 78.0. The van der Waals surface area contributed by atoms with Crippen molar-refractivity contribution < 1.29 is 106 Å². The minimum atomic E-state index is -3.39. The molecular formula is C104H108F4N16O8. The highest BCUT2D eigenvalue weighted by Gasteiger charge is 2.23. The molecule has 0 radical (unpaired) electrons. The van der Waals surface area contributed by atoms with Crippen molar-refractivity contribution in [1.29, 1.82) is 21.0 Å². The van der Waals surface area contributed by atoms with Crippen LogP contribution in [0.2, 0.25) is 0 Å². The standard InChI is InChI=1S/4C26H27FN4O2/c4*1-5-33-25-14-24-22(13-18(25)12-21(32)7-6-10-31(3)4)26(19(15-28)16-29-24)30-20-8-9-23(27)17(2)11-20/h4*6-9,11,13-14,16H,5,10,12H2,1-4H3,(H,29,30)/b4*7-6+/i5D2,8D,9D,10D2,11D,13D,14D,16D;1D3,5D2,8D,9D,11D,13D,14D,16D;8D,9D,10D2,11D,13D,14D,16D;5D2,8D,9D,11D,13D,14D,16D. The van der Waals surface area contributed by atoms with E-state index in [1.54, 1.807) is 70.4 Å². The fraction of sp³-hybridized carbons (Fsp3) is 0.269. The first kappa shape index (κ1) is 60.0. The highest BCUT2D eigenvalue weighted by molar-refractivity contribution is 6.03. The zero-order valence-electron chi connectivity index (χ0n) is 111. The van der Waals surface area contributed by atoms with Crippen LogP contribution < -0.4 is 40.2 Å². The maximum Gasteiger partial charge on any atom is 0.159 e. The third-order valence-electron chi connectivity index (χ3n) is 17.4. The molecule has 0 saturated heterocycles. The Morgan fingerprint density at radius 2 is 0.629 bits per heavy atom. The van der Waals surface area contributed by atoms with Gasteiger partial charge in [-0.25, -0.2) is 17.6 Å². The number of nitrogens with zero attached hydrogens (tertiary/aromatic N) is 12. The number of halogens is 4. The number of carbonyl (C=O) groups excluding carboxylic acids is 4. The van der Waals surface area contributed by atoms with E-state index in [-0.39, 0.29) is 118 Å². The Kier molecular flexibility index (Phi) is 22.2. The second-order valence-electron chi connectivity index (χ2n) is 28.6. The molecule has 0 aliphatic rings. The largest absolute Gasteiger partial charge is 0.494 e. The molecule has 0 bridgehead atoms. The molecule has 0 fully saturated rings. The van der Waals surface area contributed by atoms with Gasteiger partial charge in [0.2, 0.25) is 0 Å². The summed E-state index contributed by atoms with van der Waals surface area (Å²) < 4.78 is 383. The monoisotopic (exact) mass is 1820 g/mol. The number of hydrogen-bond acceptors (Lipinski definition) is 24. The van der Waals surface area contributed by atoms with Crippen molar-refractivity contribution in [2.75, 3.05) is 130 Å². The summed E-state index contributed by atoms with van der Waals surface area (Å²) in [5.74, 6) is -8.76. The van der Waals surface area contributed by atoms with E-state index < -0.39 is 324 Å². The van der Waals surface area contributed by atoms with Crippen molar-refractivity contribution in [1.82, 2.24) is 39.5 Å². The van der Waals surface area contributed by atoms with E-state index in [0.29, 0.717) is 13.1 Å². The van der Waals surface area contributed by atoms with Crippen LogP contribution in [0.1, 0.15) is 145 Å². The molecule has 132 heavy (non-hydrogen) atoms. The van der Waals surface area contributed by atoms with Crippen molar-refractivity contribution in [2.45, 2.75) is 81.0 Å². The number of hydrogen-bond donors (Lipinski definition) is 4. The van der Waals surface area contributed by atoms with Crippen molar-refractivity contribution in [3.63, 3.8) is 0 Å². The molecule has 0 amide bonds. The zero-order chi connectivity index (χ0) is 128. The smallest absolute Gasteiger partial charge is 0.159 e.